The predicted molar refractivity (Wildman–Crippen MR) is 70.3 cm³/mol. The normalized spacial score (nSPS) is 14.6. The Kier molecular flexibility index (Phi) is 2.61. The molecule has 1 aliphatic rings. The Bertz CT molecular complexity index is 823. The van der Waals surface area contributed by atoms with Gasteiger partial charge in [-0.15, -0.1) is 0 Å². The van der Waals surface area contributed by atoms with Gasteiger partial charge in [0.2, 0.25) is 0 Å². The van der Waals surface area contributed by atoms with E-state index in [1.165, 1.54) is 12.1 Å². The zero-order valence-corrected chi connectivity index (χ0v) is 10.8. The Labute approximate surface area is 109 Å². The van der Waals surface area contributed by atoms with E-state index in [1.807, 2.05) is 0 Å². The first kappa shape index (κ1) is 12.2. The SMILES string of the molecule is NS(=O)(=O)Oc1ccc2c3c(c(=O)[nH]c2c1)CCC3. The molecule has 1 aromatic carbocycles. The summed E-state index contributed by atoms with van der Waals surface area (Å²) in [7, 11) is -4.06. The van der Waals surface area contributed by atoms with Crippen LogP contribution in [0, 0.1) is 0 Å². The molecule has 2 aromatic rings. The van der Waals surface area contributed by atoms with Crippen LogP contribution in [-0.4, -0.2) is 13.4 Å². The van der Waals surface area contributed by atoms with Crippen molar-refractivity contribution in [1.82, 2.24) is 4.98 Å². The van der Waals surface area contributed by atoms with Crippen molar-refractivity contribution in [2.24, 2.45) is 5.14 Å². The molecule has 0 unspecified atom stereocenters. The summed E-state index contributed by atoms with van der Waals surface area (Å²) in [6, 6.07) is 4.75. The Hall–Kier alpha value is -1.86. The molecule has 0 radical (unpaired) electrons. The number of nitrogens with one attached hydrogen (secondary N) is 1. The minimum absolute atomic E-state index is 0.0867. The summed E-state index contributed by atoms with van der Waals surface area (Å²) in [6.07, 6.45) is 2.62. The van der Waals surface area contributed by atoms with Gasteiger partial charge in [0.05, 0.1) is 5.52 Å². The molecule has 6 nitrogen and oxygen atoms in total. The van der Waals surface area contributed by atoms with Gasteiger partial charge in [0.25, 0.3) is 5.56 Å². The largest absolute Gasteiger partial charge is 0.380 e. The molecule has 19 heavy (non-hydrogen) atoms. The lowest BCUT2D eigenvalue weighted by atomic mass is 10.1. The molecule has 0 bridgehead atoms. The Morgan fingerprint density at radius 2 is 1.95 bits per heavy atom. The van der Waals surface area contributed by atoms with Gasteiger partial charge in [-0.2, -0.15) is 13.6 Å². The van der Waals surface area contributed by atoms with Gasteiger partial charge in [0.15, 0.2) is 0 Å². The van der Waals surface area contributed by atoms with Gasteiger partial charge in [-0.05, 0) is 37.0 Å². The number of fused-ring (bicyclic) bond motifs is 3. The van der Waals surface area contributed by atoms with Crippen LogP contribution >= 0.6 is 0 Å². The average molecular weight is 280 g/mol. The number of benzene rings is 1. The van der Waals surface area contributed by atoms with E-state index >= 15 is 0 Å². The lowest BCUT2D eigenvalue weighted by molar-refractivity contribution is 0.488. The van der Waals surface area contributed by atoms with Crippen molar-refractivity contribution >= 4 is 21.2 Å². The number of H-pyrrole nitrogens is 1. The van der Waals surface area contributed by atoms with Crippen LogP contribution in [0.5, 0.6) is 5.75 Å². The second kappa shape index (κ2) is 4.07. The van der Waals surface area contributed by atoms with Crippen LogP contribution in [0.4, 0.5) is 0 Å². The van der Waals surface area contributed by atoms with E-state index in [0.717, 1.165) is 35.8 Å². The summed E-state index contributed by atoms with van der Waals surface area (Å²) in [5, 5.41) is 5.73. The third kappa shape index (κ3) is 2.22. The summed E-state index contributed by atoms with van der Waals surface area (Å²) in [5.41, 5.74) is 2.31. The van der Waals surface area contributed by atoms with E-state index in [1.54, 1.807) is 6.07 Å². The number of hydrogen-bond acceptors (Lipinski definition) is 4. The Morgan fingerprint density at radius 3 is 2.68 bits per heavy atom. The third-order valence-electron chi connectivity index (χ3n) is 3.27. The zero-order chi connectivity index (χ0) is 13.6. The maximum absolute atomic E-state index is 11.9. The summed E-state index contributed by atoms with van der Waals surface area (Å²) in [4.78, 5) is 14.6. The highest BCUT2D eigenvalue weighted by Gasteiger charge is 2.18. The predicted octanol–water partition coefficient (Wildman–Crippen LogP) is 0.599. The summed E-state index contributed by atoms with van der Waals surface area (Å²) in [5.74, 6) is 0.0867. The lowest BCUT2D eigenvalue weighted by Gasteiger charge is -2.07. The van der Waals surface area contributed by atoms with Crippen LogP contribution in [0.2, 0.25) is 0 Å². The molecule has 0 spiro atoms. The van der Waals surface area contributed by atoms with E-state index < -0.39 is 10.3 Å². The third-order valence-corrected chi connectivity index (χ3v) is 3.69. The van der Waals surface area contributed by atoms with E-state index in [9.17, 15) is 13.2 Å². The first-order valence-corrected chi connectivity index (χ1v) is 7.31. The van der Waals surface area contributed by atoms with Crippen LogP contribution in [0.1, 0.15) is 17.5 Å². The van der Waals surface area contributed by atoms with E-state index in [-0.39, 0.29) is 11.3 Å². The number of aryl methyl sites for hydroxylation is 1. The minimum atomic E-state index is -4.06. The Balaban J connectivity index is 2.20. The van der Waals surface area contributed by atoms with E-state index in [2.05, 4.69) is 9.17 Å². The second-order valence-electron chi connectivity index (χ2n) is 4.55. The van der Waals surface area contributed by atoms with Gasteiger partial charge in [0, 0.05) is 17.0 Å². The maximum atomic E-state index is 11.9. The average Bonchev–Trinajstić information content (AvgIpc) is 2.76. The molecule has 3 N–H and O–H groups in total. The Morgan fingerprint density at radius 1 is 1.21 bits per heavy atom. The topological polar surface area (TPSA) is 102 Å². The highest BCUT2D eigenvalue weighted by Crippen LogP contribution is 2.28. The van der Waals surface area contributed by atoms with Crippen LogP contribution in [-0.2, 0) is 23.1 Å². The van der Waals surface area contributed by atoms with Crippen molar-refractivity contribution in [2.45, 2.75) is 19.3 Å². The molecule has 0 saturated heterocycles. The first-order chi connectivity index (χ1) is 8.94. The van der Waals surface area contributed by atoms with Gasteiger partial charge in [-0.1, -0.05) is 0 Å². The van der Waals surface area contributed by atoms with Crippen LogP contribution < -0.4 is 14.9 Å². The quantitative estimate of drug-likeness (QED) is 0.840. The fraction of sp³-hybridized carbons (Fsp3) is 0.250. The molecular formula is C12H12N2O4S. The van der Waals surface area contributed by atoms with E-state index in [4.69, 9.17) is 5.14 Å². The summed E-state index contributed by atoms with van der Waals surface area (Å²) >= 11 is 0. The lowest BCUT2D eigenvalue weighted by Crippen LogP contribution is -2.19. The molecule has 1 aliphatic carbocycles. The van der Waals surface area contributed by atoms with Crippen molar-refractivity contribution < 1.29 is 12.6 Å². The fourth-order valence-electron chi connectivity index (χ4n) is 2.57. The van der Waals surface area contributed by atoms with Crippen LogP contribution in [0.25, 0.3) is 10.9 Å². The molecular weight excluding hydrogens is 268 g/mol. The number of nitrogens with two attached hydrogens (primary N) is 1. The van der Waals surface area contributed by atoms with Crippen LogP contribution in [0.3, 0.4) is 0 Å². The highest BCUT2D eigenvalue weighted by atomic mass is 32.2. The molecule has 1 aromatic heterocycles. The van der Waals surface area contributed by atoms with Gasteiger partial charge >= 0.3 is 10.3 Å². The second-order valence-corrected chi connectivity index (χ2v) is 5.70. The number of rotatable bonds is 2. The first-order valence-electron chi connectivity index (χ1n) is 5.84. The molecule has 100 valence electrons. The summed E-state index contributed by atoms with van der Waals surface area (Å²) < 4.78 is 26.3. The van der Waals surface area contributed by atoms with Gasteiger partial charge in [-0.3, -0.25) is 4.79 Å². The minimum Gasteiger partial charge on any atom is -0.371 e. The van der Waals surface area contributed by atoms with E-state index in [0.29, 0.717) is 5.52 Å². The molecule has 3 rings (SSSR count). The molecule has 0 amide bonds. The van der Waals surface area contributed by atoms with Gasteiger partial charge in [-0.25, -0.2) is 0 Å². The number of aromatic nitrogens is 1. The van der Waals surface area contributed by atoms with Crippen molar-refractivity contribution in [1.29, 1.82) is 0 Å². The zero-order valence-electron chi connectivity index (χ0n) is 9.97. The summed E-state index contributed by atoms with van der Waals surface area (Å²) in [6.45, 7) is 0. The standard InChI is InChI=1S/C12H12N2O4S/c13-19(16,17)18-7-4-5-9-8-2-1-3-10(8)12(15)14-11(9)6-7/h4-6H,1-3H2,(H,14,15)(H2,13,16,17). The number of hydrogen-bond donors (Lipinski definition) is 2. The van der Waals surface area contributed by atoms with Gasteiger partial charge in [0.1, 0.15) is 5.75 Å². The van der Waals surface area contributed by atoms with Crippen molar-refractivity contribution in [2.75, 3.05) is 0 Å². The van der Waals surface area contributed by atoms with Crippen molar-refractivity contribution in [3.8, 4) is 5.75 Å². The highest BCUT2D eigenvalue weighted by molar-refractivity contribution is 7.84. The monoisotopic (exact) mass is 280 g/mol. The molecule has 7 heteroatoms. The molecule has 0 atom stereocenters. The molecule has 0 aliphatic heterocycles. The number of pyridine rings is 1. The maximum Gasteiger partial charge on any atom is 0.380 e. The van der Waals surface area contributed by atoms with Gasteiger partial charge < -0.3 is 9.17 Å². The molecule has 0 saturated carbocycles. The molecule has 1 heterocycles. The van der Waals surface area contributed by atoms with Crippen LogP contribution in [0.15, 0.2) is 23.0 Å². The number of aromatic amines is 1. The van der Waals surface area contributed by atoms with Crippen molar-refractivity contribution in [3.63, 3.8) is 0 Å². The molecule has 0 fully saturated rings. The van der Waals surface area contributed by atoms with Crippen molar-refractivity contribution in [3.05, 3.63) is 39.7 Å². The smallest absolute Gasteiger partial charge is 0.371 e. The fourth-order valence-corrected chi connectivity index (χ4v) is 2.94.